The van der Waals surface area contributed by atoms with Crippen LogP contribution in [0.15, 0.2) is 67.5 Å². The molecule has 0 N–H and O–H groups in total. The van der Waals surface area contributed by atoms with Crippen LogP contribution in [0.25, 0.3) is 28.3 Å². The van der Waals surface area contributed by atoms with Crippen LogP contribution in [0, 0.1) is 11.6 Å². The summed E-state index contributed by atoms with van der Waals surface area (Å²) >= 11 is 0. The molecule has 1 unspecified atom stereocenters. The SMILES string of the molecule is C=CCc1ccc(-c2ccc(-c3cnc(/C=C/CCCC(C)OCCCCC)nc3)cc2)c(F)c1F. The number of benzene rings is 2. The van der Waals surface area contributed by atoms with Gasteiger partial charge in [-0.05, 0) is 61.8 Å². The average molecular weight is 491 g/mol. The zero-order chi connectivity index (χ0) is 25.8. The maximum absolute atomic E-state index is 14.6. The van der Waals surface area contributed by atoms with Gasteiger partial charge in [0.15, 0.2) is 17.5 Å². The number of rotatable bonds is 14. The number of nitrogens with zero attached hydrogens (tertiary/aromatic N) is 2. The molecular weight excluding hydrogens is 454 g/mol. The van der Waals surface area contributed by atoms with Crippen LogP contribution in [0.2, 0.25) is 0 Å². The first kappa shape index (κ1) is 27.4. The monoisotopic (exact) mass is 490 g/mol. The molecule has 1 heterocycles. The van der Waals surface area contributed by atoms with E-state index in [-0.39, 0.29) is 5.56 Å². The quantitative estimate of drug-likeness (QED) is 0.168. The van der Waals surface area contributed by atoms with Gasteiger partial charge in [0.1, 0.15) is 0 Å². The van der Waals surface area contributed by atoms with Gasteiger partial charge in [0.25, 0.3) is 0 Å². The first-order chi connectivity index (χ1) is 17.5. The molecule has 0 saturated carbocycles. The van der Waals surface area contributed by atoms with Crippen molar-refractivity contribution in [3.63, 3.8) is 0 Å². The number of halogens is 2. The maximum Gasteiger partial charge on any atom is 0.166 e. The minimum atomic E-state index is -0.837. The van der Waals surface area contributed by atoms with Crippen molar-refractivity contribution >= 4 is 6.08 Å². The number of aromatic nitrogens is 2. The first-order valence-corrected chi connectivity index (χ1v) is 12.8. The van der Waals surface area contributed by atoms with E-state index in [0.29, 0.717) is 29.5 Å². The Morgan fingerprint density at radius 3 is 2.33 bits per heavy atom. The molecule has 2 aromatic carbocycles. The second-order valence-corrected chi connectivity index (χ2v) is 9.02. The summed E-state index contributed by atoms with van der Waals surface area (Å²) in [5.74, 6) is -0.995. The third-order valence-corrected chi connectivity index (χ3v) is 6.13. The summed E-state index contributed by atoms with van der Waals surface area (Å²) in [7, 11) is 0. The molecule has 0 amide bonds. The Morgan fingerprint density at radius 2 is 1.64 bits per heavy atom. The van der Waals surface area contributed by atoms with Crippen molar-refractivity contribution < 1.29 is 13.5 Å². The van der Waals surface area contributed by atoms with Gasteiger partial charge in [0.2, 0.25) is 0 Å². The van der Waals surface area contributed by atoms with Crippen molar-refractivity contribution in [3.05, 3.63) is 90.5 Å². The lowest BCUT2D eigenvalue weighted by molar-refractivity contribution is 0.0566. The molecule has 1 atom stereocenters. The Labute approximate surface area is 214 Å². The molecule has 0 bridgehead atoms. The summed E-state index contributed by atoms with van der Waals surface area (Å²) in [5.41, 5.74) is 2.92. The fourth-order valence-corrected chi connectivity index (χ4v) is 3.97. The Hall–Kier alpha value is -3.18. The highest BCUT2D eigenvalue weighted by Crippen LogP contribution is 2.29. The summed E-state index contributed by atoms with van der Waals surface area (Å²) < 4.78 is 34.7. The van der Waals surface area contributed by atoms with Gasteiger partial charge in [-0.25, -0.2) is 18.7 Å². The number of unbranched alkanes of at least 4 members (excludes halogenated alkanes) is 3. The van der Waals surface area contributed by atoms with E-state index in [9.17, 15) is 8.78 Å². The standard InChI is InChI=1S/C31H36F2N2O/c1-4-6-10-20-36-23(3)12-8-7-9-13-29-34-21-27(22-35-29)24-14-16-25(17-15-24)28-19-18-26(11-5-2)30(32)31(28)33/h5,9,13-19,21-23H,2,4,6-8,10-12,20H2,1,3H3/b13-9+. The summed E-state index contributed by atoms with van der Waals surface area (Å²) in [6.07, 6.45) is 16.4. The Morgan fingerprint density at radius 1 is 0.917 bits per heavy atom. The Bertz CT molecular complexity index is 1120. The fraction of sp³-hybridized carbons (Fsp3) is 0.355. The summed E-state index contributed by atoms with van der Waals surface area (Å²) in [5, 5.41) is 0. The smallest absolute Gasteiger partial charge is 0.166 e. The summed E-state index contributed by atoms with van der Waals surface area (Å²) in [6.45, 7) is 8.77. The van der Waals surface area contributed by atoms with Crippen LogP contribution in [0.3, 0.4) is 0 Å². The predicted octanol–water partition coefficient (Wildman–Crippen LogP) is 8.60. The van der Waals surface area contributed by atoms with E-state index in [0.717, 1.165) is 43.4 Å². The largest absolute Gasteiger partial charge is 0.379 e. The molecule has 190 valence electrons. The number of hydrogen-bond donors (Lipinski definition) is 0. The van der Waals surface area contributed by atoms with Crippen molar-refractivity contribution in [2.24, 2.45) is 0 Å². The lowest BCUT2D eigenvalue weighted by Gasteiger charge is -2.11. The van der Waals surface area contributed by atoms with Gasteiger partial charge >= 0.3 is 0 Å². The molecule has 36 heavy (non-hydrogen) atoms. The number of ether oxygens (including phenoxy) is 1. The third kappa shape index (κ3) is 7.92. The molecule has 0 spiro atoms. The summed E-state index contributed by atoms with van der Waals surface area (Å²) in [4.78, 5) is 8.88. The van der Waals surface area contributed by atoms with Gasteiger partial charge in [0, 0.05) is 30.1 Å². The van der Waals surface area contributed by atoms with Crippen LogP contribution in [0.4, 0.5) is 8.78 Å². The molecule has 0 radical (unpaired) electrons. The van der Waals surface area contributed by atoms with E-state index >= 15 is 0 Å². The van der Waals surface area contributed by atoms with Gasteiger partial charge in [0.05, 0.1) is 6.10 Å². The van der Waals surface area contributed by atoms with Crippen LogP contribution in [0.5, 0.6) is 0 Å². The molecule has 0 saturated heterocycles. The van der Waals surface area contributed by atoms with Crippen LogP contribution in [-0.4, -0.2) is 22.7 Å². The molecular formula is C31H36F2N2O. The zero-order valence-electron chi connectivity index (χ0n) is 21.4. The highest BCUT2D eigenvalue weighted by molar-refractivity contribution is 5.70. The molecule has 3 rings (SSSR count). The Balaban J connectivity index is 1.52. The minimum absolute atomic E-state index is 0.237. The minimum Gasteiger partial charge on any atom is -0.379 e. The van der Waals surface area contributed by atoms with Crippen molar-refractivity contribution in [3.8, 4) is 22.3 Å². The second kappa shape index (κ2) is 14.4. The normalized spacial score (nSPS) is 12.2. The molecule has 3 nitrogen and oxygen atoms in total. The van der Waals surface area contributed by atoms with Crippen molar-refractivity contribution in [2.45, 2.75) is 64.9 Å². The highest BCUT2D eigenvalue weighted by Gasteiger charge is 2.14. The second-order valence-electron chi connectivity index (χ2n) is 9.02. The summed E-state index contributed by atoms with van der Waals surface area (Å²) in [6, 6.07) is 10.5. The van der Waals surface area contributed by atoms with Crippen molar-refractivity contribution in [1.82, 2.24) is 9.97 Å². The van der Waals surface area contributed by atoms with E-state index in [4.69, 9.17) is 4.74 Å². The van der Waals surface area contributed by atoms with Crippen molar-refractivity contribution in [2.75, 3.05) is 6.61 Å². The highest BCUT2D eigenvalue weighted by atomic mass is 19.2. The van der Waals surface area contributed by atoms with Gasteiger partial charge in [-0.2, -0.15) is 0 Å². The van der Waals surface area contributed by atoms with E-state index in [1.54, 1.807) is 42.7 Å². The maximum atomic E-state index is 14.6. The lowest BCUT2D eigenvalue weighted by atomic mass is 9.99. The zero-order valence-corrected chi connectivity index (χ0v) is 21.4. The van der Waals surface area contributed by atoms with Crippen molar-refractivity contribution in [1.29, 1.82) is 0 Å². The Kier molecular flexibility index (Phi) is 11.0. The van der Waals surface area contributed by atoms with E-state index in [1.807, 2.05) is 18.2 Å². The van der Waals surface area contributed by atoms with Crippen LogP contribution in [-0.2, 0) is 11.2 Å². The van der Waals surface area contributed by atoms with Crippen LogP contribution < -0.4 is 0 Å². The predicted molar refractivity (Wildman–Crippen MR) is 145 cm³/mol. The lowest BCUT2D eigenvalue weighted by Crippen LogP contribution is -2.08. The number of hydrogen-bond acceptors (Lipinski definition) is 3. The third-order valence-electron chi connectivity index (χ3n) is 6.13. The first-order valence-electron chi connectivity index (χ1n) is 12.8. The molecule has 0 aliphatic heterocycles. The topological polar surface area (TPSA) is 35.0 Å². The van der Waals surface area contributed by atoms with Gasteiger partial charge in [-0.3, -0.25) is 0 Å². The van der Waals surface area contributed by atoms with Crippen LogP contribution >= 0.6 is 0 Å². The molecule has 5 heteroatoms. The molecule has 0 fully saturated rings. The van der Waals surface area contributed by atoms with E-state index < -0.39 is 11.6 Å². The van der Waals surface area contributed by atoms with Crippen LogP contribution in [0.1, 0.15) is 63.8 Å². The molecule has 0 aliphatic rings. The molecule has 3 aromatic rings. The van der Waals surface area contributed by atoms with Gasteiger partial charge < -0.3 is 4.74 Å². The molecule has 0 aliphatic carbocycles. The number of allylic oxidation sites excluding steroid dienone is 2. The fourth-order valence-electron chi connectivity index (χ4n) is 3.97. The average Bonchev–Trinajstić information content (AvgIpc) is 2.90. The van der Waals surface area contributed by atoms with Gasteiger partial charge in [-0.15, -0.1) is 6.58 Å². The van der Waals surface area contributed by atoms with Gasteiger partial charge in [-0.1, -0.05) is 68.3 Å². The molecule has 1 aromatic heterocycles. The van der Waals surface area contributed by atoms with E-state index in [2.05, 4.69) is 36.5 Å². The van der Waals surface area contributed by atoms with E-state index in [1.165, 1.54) is 12.8 Å².